The van der Waals surface area contributed by atoms with Crippen molar-refractivity contribution in [3.05, 3.63) is 101 Å². The first-order valence-corrected chi connectivity index (χ1v) is 12.9. The molecule has 0 bridgehead atoms. The van der Waals surface area contributed by atoms with Crippen LogP contribution in [0.5, 0.6) is 5.75 Å². The fraction of sp³-hybridized carbons (Fsp3) is 0.333. The van der Waals surface area contributed by atoms with E-state index in [2.05, 4.69) is 5.32 Å². The van der Waals surface area contributed by atoms with E-state index in [4.69, 9.17) is 16.3 Å². The largest absolute Gasteiger partial charge is 0.494 e. The number of carbonyl (C=O) groups is 2. The number of hydrogen-bond donors (Lipinski definition) is 1. The molecule has 6 heteroatoms. The van der Waals surface area contributed by atoms with Crippen LogP contribution in [0.15, 0.2) is 78.9 Å². The molecule has 3 rings (SSSR count). The molecule has 3 aromatic carbocycles. The number of halogens is 1. The molecular weight excluding hydrogens is 472 g/mol. The highest BCUT2D eigenvalue weighted by Gasteiger charge is 2.30. The van der Waals surface area contributed by atoms with Crippen molar-refractivity contribution in [1.82, 2.24) is 10.2 Å². The van der Waals surface area contributed by atoms with Crippen LogP contribution in [0.25, 0.3) is 0 Å². The summed E-state index contributed by atoms with van der Waals surface area (Å²) in [4.78, 5) is 28.7. The van der Waals surface area contributed by atoms with E-state index in [1.165, 1.54) is 0 Å². The Labute approximate surface area is 219 Å². The summed E-state index contributed by atoms with van der Waals surface area (Å²) in [6, 6.07) is 24.4. The molecule has 0 aliphatic carbocycles. The summed E-state index contributed by atoms with van der Waals surface area (Å²) in [7, 11) is 0. The second-order valence-corrected chi connectivity index (χ2v) is 9.29. The Hall–Kier alpha value is -3.31. The maximum Gasteiger partial charge on any atom is 0.243 e. The van der Waals surface area contributed by atoms with Crippen LogP contribution in [0, 0.1) is 6.92 Å². The average molecular weight is 507 g/mol. The van der Waals surface area contributed by atoms with Crippen LogP contribution < -0.4 is 10.1 Å². The Morgan fingerprint density at radius 3 is 2.36 bits per heavy atom. The van der Waals surface area contributed by atoms with Gasteiger partial charge in [-0.05, 0) is 60.7 Å². The highest BCUT2D eigenvalue weighted by Crippen LogP contribution is 2.19. The highest BCUT2D eigenvalue weighted by molar-refractivity contribution is 6.30. The number of nitrogens with one attached hydrogen (secondary N) is 1. The lowest BCUT2D eigenvalue weighted by Crippen LogP contribution is -2.50. The van der Waals surface area contributed by atoms with E-state index in [1.807, 2.05) is 80.6 Å². The molecule has 0 aromatic heterocycles. The predicted molar refractivity (Wildman–Crippen MR) is 145 cm³/mol. The van der Waals surface area contributed by atoms with Gasteiger partial charge in [0.2, 0.25) is 11.8 Å². The van der Waals surface area contributed by atoms with Gasteiger partial charge in [0.25, 0.3) is 0 Å². The molecule has 5 nitrogen and oxygen atoms in total. The summed E-state index contributed by atoms with van der Waals surface area (Å²) in [5, 5.41) is 3.66. The van der Waals surface area contributed by atoms with Gasteiger partial charge in [0.15, 0.2) is 0 Å². The smallest absolute Gasteiger partial charge is 0.243 e. The zero-order valence-corrected chi connectivity index (χ0v) is 21.8. The maximum absolute atomic E-state index is 13.6. The number of nitrogens with zero attached hydrogens (tertiary/aromatic N) is 1. The number of carbonyl (C=O) groups excluding carboxylic acids is 2. The molecule has 0 aliphatic heterocycles. The molecule has 0 saturated heterocycles. The lowest BCUT2D eigenvalue weighted by molar-refractivity contribution is -0.141. The van der Waals surface area contributed by atoms with Crippen LogP contribution in [0.1, 0.15) is 42.9 Å². The van der Waals surface area contributed by atoms with Crippen molar-refractivity contribution in [2.75, 3.05) is 13.2 Å². The third-order valence-electron chi connectivity index (χ3n) is 6.04. The molecule has 36 heavy (non-hydrogen) atoms. The first-order chi connectivity index (χ1) is 17.5. The Morgan fingerprint density at radius 1 is 0.972 bits per heavy atom. The van der Waals surface area contributed by atoms with Crippen molar-refractivity contribution >= 4 is 23.4 Å². The van der Waals surface area contributed by atoms with Crippen LogP contribution in [0.4, 0.5) is 0 Å². The number of aryl methyl sites for hydroxylation is 1. The van der Waals surface area contributed by atoms with Gasteiger partial charge in [0.1, 0.15) is 11.8 Å². The lowest BCUT2D eigenvalue weighted by Gasteiger charge is -2.32. The number of hydrogen-bond acceptors (Lipinski definition) is 3. The van der Waals surface area contributed by atoms with E-state index >= 15 is 0 Å². The number of amides is 2. The first-order valence-electron chi connectivity index (χ1n) is 12.5. The summed E-state index contributed by atoms with van der Waals surface area (Å²) in [6.07, 6.45) is 2.11. The molecule has 3 aromatic rings. The number of rotatable bonds is 13. The fourth-order valence-electron chi connectivity index (χ4n) is 3.98. The van der Waals surface area contributed by atoms with Crippen molar-refractivity contribution in [3.8, 4) is 5.75 Å². The van der Waals surface area contributed by atoms with Gasteiger partial charge < -0.3 is 15.0 Å². The molecule has 0 spiro atoms. The molecule has 0 radical (unpaired) electrons. The molecular formula is C30H35ClN2O3. The summed E-state index contributed by atoms with van der Waals surface area (Å²) in [5.41, 5.74) is 3.14. The third-order valence-corrected chi connectivity index (χ3v) is 6.29. The topological polar surface area (TPSA) is 58.6 Å². The standard InChI is InChI=1S/C30H35ClN2O3/c1-3-19-32-30(35)28(21-24-11-5-4-6-12-24)33(22-25-13-8-7-10-23(25)2)29(34)14-9-20-36-27-17-15-26(31)16-18-27/h4-8,10-13,15-18,28H,3,9,14,19-22H2,1-2H3,(H,32,35)/t28-/m0/s1. The monoisotopic (exact) mass is 506 g/mol. The van der Waals surface area contributed by atoms with Crippen molar-refractivity contribution in [2.24, 2.45) is 0 Å². The van der Waals surface area contributed by atoms with E-state index in [1.54, 1.807) is 17.0 Å². The van der Waals surface area contributed by atoms with Crippen LogP contribution in [0.2, 0.25) is 5.02 Å². The minimum atomic E-state index is -0.608. The molecule has 2 amide bonds. The molecule has 1 N–H and O–H groups in total. The van der Waals surface area contributed by atoms with Crippen LogP contribution >= 0.6 is 11.6 Å². The summed E-state index contributed by atoms with van der Waals surface area (Å²) >= 11 is 5.93. The van der Waals surface area contributed by atoms with Gasteiger partial charge >= 0.3 is 0 Å². The van der Waals surface area contributed by atoms with Gasteiger partial charge in [0.05, 0.1) is 6.61 Å². The quantitative estimate of drug-likeness (QED) is 0.290. The minimum Gasteiger partial charge on any atom is -0.494 e. The van der Waals surface area contributed by atoms with Crippen LogP contribution in [-0.4, -0.2) is 35.9 Å². The lowest BCUT2D eigenvalue weighted by atomic mass is 10.0. The number of ether oxygens (including phenoxy) is 1. The predicted octanol–water partition coefficient (Wildman–Crippen LogP) is 5.97. The summed E-state index contributed by atoms with van der Waals surface area (Å²) in [5.74, 6) is 0.523. The van der Waals surface area contributed by atoms with Crippen molar-refractivity contribution in [3.63, 3.8) is 0 Å². The molecule has 1 atom stereocenters. The Kier molecular flexibility index (Phi) is 10.8. The van der Waals surface area contributed by atoms with Gasteiger partial charge in [-0.1, -0.05) is 73.1 Å². The normalized spacial score (nSPS) is 11.5. The molecule has 190 valence electrons. The van der Waals surface area contributed by atoms with E-state index in [0.29, 0.717) is 43.3 Å². The fourth-order valence-corrected chi connectivity index (χ4v) is 4.10. The van der Waals surface area contributed by atoms with Crippen molar-refractivity contribution in [2.45, 2.75) is 52.1 Å². The zero-order chi connectivity index (χ0) is 25.8. The molecule has 0 unspecified atom stereocenters. The van der Waals surface area contributed by atoms with Gasteiger partial charge in [-0.3, -0.25) is 9.59 Å². The third kappa shape index (κ3) is 8.42. The average Bonchev–Trinajstić information content (AvgIpc) is 2.89. The first kappa shape index (κ1) is 27.3. The molecule has 0 saturated carbocycles. The van der Waals surface area contributed by atoms with Gasteiger partial charge in [0, 0.05) is 31.0 Å². The second-order valence-electron chi connectivity index (χ2n) is 8.85. The van der Waals surface area contributed by atoms with Crippen molar-refractivity contribution in [1.29, 1.82) is 0 Å². The Morgan fingerprint density at radius 2 is 1.67 bits per heavy atom. The van der Waals surface area contributed by atoms with Gasteiger partial charge in [-0.25, -0.2) is 0 Å². The van der Waals surface area contributed by atoms with Crippen LogP contribution in [-0.2, 0) is 22.6 Å². The highest BCUT2D eigenvalue weighted by atomic mass is 35.5. The second kappa shape index (κ2) is 14.3. The van der Waals surface area contributed by atoms with Gasteiger partial charge in [-0.2, -0.15) is 0 Å². The summed E-state index contributed by atoms with van der Waals surface area (Å²) < 4.78 is 5.78. The van der Waals surface area contributed by atoms with Gasteiger partial charge in [-0.15, -0.1) is 0 Å². The van der Waals surface area contributed by atoms with E-state index in [0.717, 1.165) is 23.1 Å². The van der Waals surface area contributed by atoms with Crippen LogP contribution in [0.3, 0.4) is 0 Å². The zero-order valence-electron chi connectivity index (χ0n) is 21.1. The molecule has 0 aliphatic rings. The van der Waals surface area contributed by atoms with Crippen molar-refractivity contribution < 1.29 is 14.3 Å². The minimum absolute atomic E-state index is 0.0643. The SMILES string of the molecule is CCCNC(=O)[C@H](Cc1ccccc1)N(Cc1ccccc1C)C(=O)CCCOc1ccc(Cl)cc1. The van der Waals surface area contributed by atoms with E-state index in [9.17, 15) is 9.59 Å². The van der Waals surface area contributed by atoms with E-state index < -0.39 is 6.04 Å². The summed E-state index contributed by atoms with van der Waals surface area (Å²) in [6.45, 7) is 5.40. The van der Waals surface area contributed by atoms with E-state index in [-0.39, 0.29) is 18.2 Å². The molecule has 0 fully saturated rings. The Bertz CT molecular complexity index is 1100. The maximum atomic E-state index is 13.6. The number of benzene rings is 3. The Balaban J connectivity index is 1.78. The molecule has 0 heterocycles.